The molecule has 0 N–H and O–H groups in total. The van der Waals surface area contributed by atoms with E-state index < -0.39 is 0 Å². The molecule has 0 fully saturated rings. The summed E-state index contributed by atoms with van der Waals surface area (Å²) >= 11 is 0. The third-order valence-electron chi connectivity index (χ3n) is 24.0. The van der Waals surface area contributed by atoms with Crippen molar-refractivity contribution in [3.05, 3.63) is 394 Å². The minimum atomic E-state index is -0.0377. The number of aromatic nitrogens is 5. The van der Waals surface area contributed by atoms with E-state index in [2.05, 4.69) is 409 Å². The lowest BCUT2D eigenvalue weighted by molar-refractivity contribution is 0.472. The van der Waals surface area contributed by atoms with E-state index in [9.17, 15) is 0 Å². The topological polar surface area (TPSA) is 48.5 Å². The minimum absolute atomic E-state index is 0.0377. The summed E-state index contributed by atoms with van der Waals surface area (Å²) in [4.78, 5) is 15.3. The van der Waals surface area contributed by atoms with Crippen molar-refractivity contribution in [1.82, 2.24) is 24.1 Å². The second kappa shape index (κ2) is 30.6. The molecule has 0 saturated carbocycles. The van der Waals surface area contributed by atoms with Gasteiger partial charge in [0.2, 0.25) is 0 Å². The van der Waals surface area contributed by atoms with Crippen molar-refractivity contribution in [3.63, 3.8) is 0 Å². The van der Waals surface area contributed by atoms with Gasteiger partial charge < -0.3 is 9.13 Å². The Labute approximate surface area is 680 Å². The monoisotopic (exact) mass is 1490 g/mol. The fourth-order valence-electron chi connectivity index (χ4n) is 18.2. The van der Waals surface area contributed by atoms with E-state index in [-0.39, 0.29) is 10.8 Å². The number of hydrogen-bond acceptors (Lipinski definition) is 3. The number of pyridine rings is 3. The molecule has 0 unspecified atom stereocenters. The van der Waals surface area contributed by atoms with Crippen molar-refractivity contribution < 1.29 is 0 Å². The average molecular weight is 1490 g/mol. The fraction of sp³-hybridized carbons (Fsp3) is 0.108. The largest absolute Gasteiger partial charge is 0.309 e. The number of fused-ring (bicyclic) bond motifs is 6. The average Bonchev–Trinajstić information content (AvgIpc) is 1.46. The quantitative estimate of drug-likeness (QED) is 0.0764. The molecule has 116 heavy (non-hydrogen) atoms. The molecule has 558 valence electrons. The molecule has 0 atom stereocenters. The Morgan fingerprint density at radius 1 is 0.216 bits per heavy atom. The van der Waals surface area contributed by atoms with E-state index in [0.29, 0.717) is 0 Å². The molecule has 0 amide bonds. The van der Waals surface area contributed by atoms with Gasteiger partial charge in [-0.15, -0.1) is 0 Å². The summed E-state index contributed by atoms with van der Waals surface area (Å²) in [6, 6.07) is 135. The molecule has 0 saturated heterocycles. The maximum atomic E-state index is 5.20. The highest BCUT2D eigenvalue weighted by Gasteiger charge is 2.28. The molecule has 0 aliphatic carbocycles. The van der Waals surface area contributed by atoms with Gasteiger partial charge >= 0.3 is 0 Å². The smallest absolute Gasteiger partial charge is 0.0705 e. The molecule has 19 rings (SSSR count). The van der Waals surface area contributed by atoms with Crippen LogP contribution in [0.1, 0.15) is 78.4 Å². The Morgan fingerprint density at radius 3 is 0.991 bits per heavy atom. The van der Waals surface area contributed by atoms with Crippen LogP contribution >= 0.6 is 0 Å². The van der Waals surface area contributed by atoms with E-state index in [4.69, 9.17) is 15.0 Å². The fourth-order valence-corrected chi connectivity index (χ4v) is 18.2. The molecule has 0 bridgehead atoms. The number of benzene rings is 14. The van der Waals surface area contributed by atoms with Gasteiger partial charge in [-0.05, 0) is 233 Å². The highest BCUT2D eigenvalue weighted by atomic mass is 15.0. The molecular weight excluding hydrogens is 1400 g/mol. The molecule has 19 aromatic rings. The highest BCUT2D eigenvalue weighted by molar-refractivity contribution is 6.13. The first-order valence-electron chi connectivity index (χ1n) is 40.9. The van der Waals surface area contributed by atoms with Crippen molar-refractivity contribution in [3.8, 4) is 145 Å². The zero-order valence-electron chi connectivity index (χ0n) is 66.4. The van der Waals surface area contributed by atoms with Gasteiger partial charge in [-0.1, -0.05) is 309 Å². The number of nitrogens with zero attached hydrogens (tertiary/aromatic N) is 5. The maximum Gasteiger partial charge on any atom is 0.0705 e. The lowest BCUT2D eigenvalue weighted by Crippen LogP contribution is -2.16. The molecule has 5 nitrogen and oxygen atoms in total. The molecular formula is C111H89N5. The van der Waals surface area contributed by atoms with Crippen LogP contribution < -0.4 is 0 Å². The number of hydrogen-bond donors (Lipinski definition) is 0. The number of para-hydroxylation sites is 2. The SMILES string of the molecule is CCCC(C)(C)c1ccnc(-c2ccc(-c3ccccc3-c3cc(-c4ccccc4-c4ccc(-c5ccccn5)cc4-c4ccccc4)cc(-c4ccccc4-c4ccc(-c5cc(C(C)(C)CCC)ccn5)cc4-n4c5ccccc5c5cc(-c6ccccc6)ccc54)c3)c(-n3c4ccccc4c4cc(-c5ccccc5)ccc43)c2)c1. The summed E-state index contributed by atoms with van der Waals surface area (Å²) in [5.74, 6) is 0. The van der Waals surface area contributed by atoms with E-state index >= 15 is 0 Å². The van der Waals surface area contributed by atoms with Crippen LogP contribution in [0.5, 0.6) is 0 Å². The maximum absolute atomic E-state index is 5.20. The lowest BCUT2D eigenvalue weighted by Gasteiger charge is -2.25. The van der Waals surface area contributed by atoms with Crippen molar-refractivity contribution in [2.24, 2.45) is 0 Å². The van der Waals surface area contributed by atoms with Gasteiger partial charge in [0, 0.05) is 68.0 Å². The van der Waals surface area contributed by atoms with Crippen LogP contribution in [0.3, 0.4) is 0 Å². The van der Waals surface area contributed by atoms with Crippen LogP contribution in [-0.2, 0) is 10.8 Å². The van der Waals surface area contributed by atoms with Crippen molar-refractivity contribution in [1.29, 1.82) is 0 Å². The van der Waals surface area contributed by atoms with Gasteiger partial charge in [-0.2, -0.15) is 0 Å². The van der Waals surface area contributed by atoms with Gasteiger partial charge in [-0.3, -0.25) is 15.0 Å². The van der Waals surface area contributed by atoms with Crippen LogP contribution in [0.25, 0.3) is 189 Å². The Bertz CT molecular complexity index is 6570. The summed E-state index contributed by atoms with van der Waals surface area (Å²) in [7, 11) is 0. The molecule has 0 aliphatic heterocycles. The first-order chi connectivity index (χ1) is 56.9. The Hall–Kier alpha value is -13.9. The van der Waals surface area contributed by atoms with Gasteiger partial charge in [-0.25, -0.2) is 0 Å². The zero-order chi connectivity index (χ0) is 78.4. The Morgan fingerprint density at radius 2 is 0.560 bits per heavy atom. The Kier molecular flexibility index (Phi) is 19.1. The second-order valence-electron chi connectivity index (χ2n) is 32.3. The van der Waals surface area contributed by atoms with Gasteiger partial charge in [0.15, 0.2) is 0 Å². The molecule has 5 heterocycles. The van der Waals surface area contributed by atoms with E-state index in [0.717, 1.165) is 171 Å². The molecule has 0 spiro atoms. The standard InChI is InChI=1S/C111H89N5/c1-7-59-110(3,4)85-57-62-113-102(72-85)80-48-53-96(108(70-80)115-104-45-26-24-42-94(104)99-67-77(50-55-106(99)115)74-30-12-9-13-31-74)91-40-22-19-37-88(91)83-64-82(87-36-18-21-39-90(87)93-52-47-79(101-44-28-29-61-112-101)69-98(93)76-34-16-11-17-35-76)65-84(66-83)89-38-20-23-41-92(89)97-54-49-81(103-73-86(58-63-114-103)111(5,6)60-8-2)71-109(97)116-105-46-27-25-43-95(105)100-68-78(51-56-107(100)116)75-32-14-10-15-33-75/h9-58,61-73H,7-8,59-60H2,1-6H3. The van der Waals surface area contributed by atoms with Crippen LogP contribution in [0, 0.1) is 0 Å². The molecule has 0 aliphatic rings. The first kappa shape index (κ1) is 72.4. The molecule has 0 radical (unpaired) electrons. The highest BCUT2D eigenvalue weighted by Crippen LogP contribution is 2.50. The van der Waals surface area contributed by atoms with Crippen molar-refractivity contribution in [2.45, 2.75) is 78.1 Å². The summed E-state index contributed by atoms with van der Waals surface area (Å²) in [5.41, 5.74) is 35.2. The van der Waals surface area contributed by atoms with Crippen molar-refractivity contribution in [2.75, 3.05) is 0 Å². The normalized spacial score (nSPS) is 11.8. The van der Waals surface area contributed by atoms with E-state index in [1.165, 1.54) is 54.9 Å². The third-order valence-corrected chi connectivity index (χ3v) is 24.0. The van der Waals surface area contributed by atoms with E-state index in [1.807, 2.05) is 24.7 Å². The Balaban J connectivity index is 0.864. The lowest BCUT2D eigenvalue weighted by atomic mass is 9.80. The molecule has 14 aromatic carbocycles. The summed E-state index contributed by atoms with van der Waals surface area (Å²) in [5, 5.41) is 4.76. The third kappa shape index (κ3) is 13.5. The zero-order valence-corrected chi connectivity index (χ0v) is 66.4. The summed E-state index contributed by atoms with van der Waals surface area (Å²) in [6.07, 6.45) is 10.2. The van der Waals surface area contributed by atoms with Crippen molar-refractivity contribution >= 4 is 43.6 Å². The van der Waals surface area contributed by atoms with Crippen LogP contribution in [-0.4, -0.2) is 24.1 Å². The summed E-state index contributed by atoms with van der Waals surface area (Å²) in [6.45, 7) is 14.0. The molecule has 5 heteroatoms. The predicted octanol–water partition coefficient (Wildman–Crippen LogP) is 30.2. The van der Waals surface area contributed by atoms with Gasteiger partial charge in [0.1, 0.15) is 0 Å². The molecule has 5 aromatic heterocycles. The first-order valence-corrected chi connectivity index (χ1v) is 40.9. The second-order valence-corrected chi connectivity index (χ2v) is 32.3. The van der Waals surface area contributed by atoms with Crippen LogP contribution in [0.4, 0.5) is 0 Å². The van der Waals surface area contributed by atoms with Crippen LogP contribution in [0.2, 0.25) is 0 Å². The van der Waals surface area contributed by atoms with Crippen LogP contribution in [0.15, 0.2) is 383 Å². The minimum Gasteiger partial charge on any atom is -0.309 e. The van der Waals surface area contributed by atoms with E-state index in [1.54, 1.807) is 0 Å². The number of rotatable bonds is 20. The van der Waals surface area contributed by atoms with Gasteiger partial charge in [0.25, 0.3) is 0 Å². The predicted molar refractivity (Wildman–Crippen MR) is 490 cm³/mol. The van der Waals surface area contributed by atoms with Gasteiger partial charge in [0.05, 0.1) is 50.5 Å². The summed E-state index contributed by atoms with van der Waals surface area (Å²) < 4.78 is 5.03.